The predicted molar refractivity (Wildman–Crippen MR) is 92.7 cm³/mol. The quantitative estimate of drug-likeness (QED) is 0.870. The SMILES string of the molecule is CCN1CC[C@@]2(CN(c3ncccn3)C[C@@H]2c2ccccc2)C1=O. The first kappa shape index (κ1) is 15.1. The van der Waals surface area contributed by atoms with Gasteiger partial charge in [0.15, 0.2) is 0 Å². The lowest BCUT2D eigenvalue weighted by molar-refractivity contribution is -0.135. The van der Waals surface area contributed by atoms with Gasteiger partial charge < -0.3 is 9.80 Å². The third kappa shape index (κ3) is 2.27. The van der Waals surface area contributed by atoms with Gasteiger partial charge in [0.2, 0.25) is 11.9 Å². The molecule has 124 valence electrons. The lowest BCUT2D eigenvalue weighted by atomic mass is 9.73. The van der Waals surface area contributed by atoms with Gasteiger partial charge in [-0.3, -0.25) is 4.79 Å². The van der Waals surface area contributed by atoms with E-state index in [4.69, 9.17) is 0 Å². The molecule has 2 fully saturated rings. The highest BCUT2D eigenvalue weighted by Crippen LogP contribution is 2.50. The Hall–Kier alpha value is -2.43. The fourth-order valence-electron chi connectivity index (χ4n) is 4.26. The van der Waals surface area contributed by atoms with Crippen molar-refractivity contribution in [3.8, 4) is 0 Å². The van der Waals surface area contributed by atoms with Crippen LogP contribution in [-0.4, -0.2) is 47.0 Å². The maximum absolute atomic E-state index is 13.2. The smallest absolute Gasteiger partial charge is 0.231 e. The number of likely N-dealkylation sites (tertiary alicyclic amines) is 1. The molecular weight excluding hydrogens is 300 g/mol. The van der Waals surface area contributed by atoms with Crippen LogP contribution in [0.1, 0.15) is 24.8 Å². The minimum Gasteiger partial charge on any atom is -0.342 e. The topological polar surface area (TPSA) is 49.3 Å². The summed E-state index contributed by atoms with van der Waals surface area (Å²) in [6.45, 7) is 5.18. The van der Waals surface area contributed by atoms with E-state index in [-0.39, 0.29) is 17.2 Å². The van der Waals surface area contributed by atoms with Crippen molar-refractivity contribution in [2.75, 3.05) is 31.1 Å². The van der Waals surface area contributed by atoms with E-state index >= 15 is 0 Å². The molecule has 2 saturated heterocycles. The van der Waals surface area contributed by atoms with Crippen molar-refractivity contribution in [3.05, 3.63) is 54.4 Å². The number of amides is 1. The van der Waals surface area contributed by atoms with Crippen LogP contribution in [0, 0.1) is 5.41 Å². The van der Waals surface area contributed by atoms with Crippen LogP contribution in [0.3, 0.4) is 0 Å². The summed E-state index contributed by atoms with van der Waals surface area (Å²) in [7, 11) is 0. The Kier molecular flexibility index (Phi) is 3.71. The number of nitrogens with zero attached hydrogens (tertiary/aromatic N) is 4. The molecule has 2 aliphatic rings. The van der Waals surface area contributed by atoms with E-state index in [9.17, 15) is 4.79 Å². The summed E-state index contributed by atoms with van der Waals surface area (Å²) < 4.78 is 0. The normalized spacial score (nSPS) is 26.5. The van der Waals surface area contributed by atoms with Crippen LogP contribution in [-0.2, 0) is 4.79 Å². The number of hydrogen-bond acceptors (Lipinski definition) is 4. The van der Waals surface area contributed by atoms with Crippen molar-refractivity contribution in [2.45, 2.75) is 19.3 Å². The standard InChI is InChI=1S/C19H22N4O/c1-2-22-12-9-19(17(22)24)14-23(18-20-10-6-11-21-18)13-16(19)15-7-4-3-5-8-15/h3-8,10-11,16H,2,9,12-14H2,1H3/t16-,19+/m1/s1. The fourth-order valence-corrected chi connectivity index (χ4v) is 4.26. The van der Waals surface area contributed by atoms with Crippen molar-refractivity contribution >= 4 is 11.9 Å². The van der Waals surface area contributed by atoms with E-state index in [2.05, 4.69) is 46.1 Å². The molecule has 2 atom stereocenters. The largest absolute Gasteiger partial charge is 0.342 e. The highest BCUT2D eigenvalue weighted by Gasteiger charge is 2.57. The third-order valence-electron chi connectivity index (χ3n) is 5.50. The second kappa shape index (κ2) is 5.89. The van der Waals surface area contributed by atoms with Crippen LogP contribution in [0.25, 0.3) is 0 Å². The summed E-state index contributed by atoms with van der Waals surface area (Å²) in [5, 5.41) is 0. The van der Waals surface area contributed by atoms with Gasteiger partial charge in [-0.15, -0.1) is 0 Å². The first-order valence-electron chi connectivity index (χ1n) is 8.61. The number of anilines is 1. The molecule has 1 amide bonds. The van der Waals surface area contributed by atoms with Gasteiger partial charge in [0.25, 0.3) is 0 Å². The molecule has 4 rings (SSSR count). The van der Waals surface area contributed by atoms with Crippen LogP contribution >= 0.6 is 0 Å². The molecule has 0 unspecified atom stereocenters. The molecule has 2 aliphatic heterocycles. The zero-order valence-corrected chi connectivity index (χ0v) is 13.9. The summed E-state index contributed by atoms with van der Waals surface area (Å²) in [6.07, 6.45) is 4.43. The summed E-state index contributed by atoms with van der Waals surface area (Å²) in [5.41, 5.74) is 0.888. The van der Waals surface area contributed by atoms with Gasteiger partial charge in [-0.05, 0) is 25.0 Å². The molecule has 1 spiro atoms. The van der Waals surface area contributed by atoms with Crippen molar-refractivity contribution < 1.29 is 4.79 Å². The van der Waals surface area contributed by atoms with Crippen LogP contribution in [0.4, 0.5) is 5.95 Å². The fraction of sp³-hybridized carbons (Fsp3) is 0.421. The molecule has 5 nitrogen and oxygen atoms in total. The molecule has 0 bridgehead atoms. The van der Waals surface area contributed by atoms with Crippen molar-refractivity contribution in [1.29, 1.82) is 0 Å². The van der Waals surface area contributed by atoms with Crippen LogP contribution < -0.4 is 4.90 Å². The second-order valence-electron chi connectivity index (χ2n) is 6.68. The molecule has 2 aromatic rings. The average molecular weight is 322 g/mol. The van der Waals surface area contributed by atoms with E-state index in [0.717, 1.165) is 32.0 Å². The highest BCUT2D eigenvalue weighted by atomic mass is 16.2. The van der Waals surface area contributed by atoms with Crippen LogP contribution in [0.5, 0.6) is 0 Å². The molecule has 0 saturated carbocycles. The van der Waals surface area contributed by atoms with E-state index in [1.807, 2.05) is 17.0 Å². The maximum atomic E-state index is 13.2. The van der Waals surface area contributed by atoms with Gasteiger partial charge >= 0.3 is 0 Å². The number of hydrogen-bond donors (Lipinski definition) is 0. The lowest BCUT2D eigenvalue weighted by Gasteiger charge is -2.28. The van der Waals surface area contributed by atoms with Crippen molar-refractivity contribution in [1.82, 2.24) is 14.9 Å². The minimum absolute atomic E-state index is 0.187. The molecule has 0 radical (unpaired) electrons. The van der Waals surface area contributed by atoms with Crippen LogP contribution in [0.2, 0.25) is 0 Å². The Bertz CT molecular complexity index is 721. The molecule has 0 aliphatic carbocycles. The monoisotopic (exact) mass is 322 g/mol. The van der Waals surface area contributed by atoms with Gasteiger partial charge in [0.05, 0.1) is 5.41 Å². The number of rotatable bonds is 3. The zero-order chi connectivity index (χ0) is 16.6. The molecule has 1 aromatic heterocycles. The van der Waals surface area contributed by atoms with Crippen LogP contribution in [0.15, 0.2) is 48.8 Å². The second-order valence-corrected chi connectivity index (χ2v) is 6.68. The number of benzene rings is 1. The third-order valence-corrected chi connectivity index (χ3v) is 5.50. The number of carbonyl (C=O) groups excluding carboxylic acids is 1. The Morgan fingerprint density at radius 3 is 2.58 bits per heavy atom. The first-order valence-corrected chi connectivity index (χ1v) is 8.61. The molecule has 3 heterocycles. The predicted octanol–water partition coefficient (Wildman–Crippen LogP) is 2.32. The van der Waals surface area contributed by atoms with Gasteiger partial charge in [-0.1, -0.05) is 30.3 Å². The van der Waals surface area contributed by atoms with Gasteiger partial charge in [-0.25, -0.2) is 9.97 Å². The van der Waals surface area contributed by atoms with Gasteiger partial charge in [-0.2, -0.15) is 0 Å². The molecule has 24 heavy (non-hydrogen) atoms. The maximum Gasteiger partial charge on any atom is 0.231 e. The van der Waals surface area contributed by atoms with E-state index in [1.165, 1.54) is 5.56 Å². The zero-order valence-electron chi connectivity index (χ0n) is 13.9. The minimum atomic E-state index is -0.351. The Labute approximate surface area is 142 Å². The van der Waals surface area contributed by atoms with Crippen molar-refractivity contribution in [3.63, 3.8) is 0 Å². The first-order chi connectivity index (χ1) is 11.7. The molecule has 5 heteroatoms. The Morgan fingerprint density at radius 2 is 1.92 bits per heavy atom. The Morgan fingerprint density at radius 1 is 1.17 bits per heavy atom. The summed E-state index contributed by atoms with van der Waals surface area (Å²) in [6, 6.07) is 12.2. The number of aromatic nitrogens is 2. The summed E-state index contributed by atoms with van der Waals surface area (Å²) in [5.74, 6) is 1.20. The molecule has 0 N–H and O–H groups in total. The number of carbonyl (C=O) groups is 1. The van der Waals surface area contributed by atoms with Gasteiger partial charge in [0.1, 0.15) is 0 Å². The average Bonchev–Trinajstić information content (AvgIpc) is 3.19. The molecular formula is C19H22N4O. The van der Waals surface area contributed by atoms with E-state index < -0.39 is 0 Å². The van der Waals surface area contributed by atoms with E-state index in [0.29, 0.717) is 6.54 Å². The summed E-state index contributed by atoms with van der Waals surface area (Å²) in [4.78, 5) is 26.1. The Balaban J connectivity index is 1.74. The van der Waals surface area contributed by atoms with Crippen molar-refractivity contribution in [2.24, 2.45) is 5.41 Å². The highest BCUT2D eigenvalue weighted by molar-refractivity contribution is 5.87. The lowest BCUT2D eigenvalue weighted by Crippen LogP contribution is -2.39. The van der Waals surface area contributed by atoms with Gasteiger partial charge in [0, 0.05) is 44.5 Å². The van der Waals surface area contributed by atoms with E-state index in [1.54, 1.807) is 12.4 Å². The molecule has 1 aromatic carbocycles. The summed E-state index contributed by atoms with van der Waals surface area (Å²) >= 11 is 0.